The third kappa shape index (κ3) is 6.01. The summed E-state index contributed by atoms with van der Waals surface area (Å²) in [4.78, 5) is 13.5. The summed E-state index contributed by atoms with van der Waals surface area (Å²) in [7, 11) is -3.94. The maximum absolute atomic E-state index is 13.8. The smallest absolute Gasteiger partial charge is 0.264 e. The number of hydrogen-bond acceptors (Lipinski definition) is 3. The van der Waals surface area contributed by atoms with Gasteiger partial charge in [-0.05, 0) is 60.4 Å². The maximum atomic E-state index is 13.8. The van der Waals surface area contributed by atoms with Crippen molar-refractivity contribution in [3.63, 3.8) is 0 Å². The molecule has 0 bridgehead atoms. The Bertz CT molecular complexity index is 1390. The van der Waals surface area contributed by atoms with Gasteiger partial charge in [-0.25, -0.2) is 8.42 Å². The molecular weight excluding hydrogens is 468 g/mol. The van der Waals surface area contributed by atoms with Crippen LogP contribution in [0.15, 0.2) is 114 Å². The first-order chi connectivity index (χ1) is 17.5. The third-order valence-electron chi connectivity index (χ3n) is 5.95. The van der Waals surface area contributed by atoms with E-state index < -0.39 is 10.0 Å². The summed E-state index contributed by atoms with van der Waals surface area (Å²) in [6.45, 7) is 2.25. The predicted octanol–water partition coefficient (Wildman–Crippen LogP) is 6.68. The molecule has 0 spiro atoms. The van der Waals surface area contributed by atoms with Crippen LogP contribution in [0.1, 0.15) is 41.3 Å². The predicted molar refractivity (Wildman–Crippen MR) is 146 cm³/mol. The van der Waals surface area contributed by atoms with E-state index in [0.717, 1.165) is 24.8 Å². The highest BCUT2D eigenvalue weighted by molar-refractivity contribution is 7.92. The molecule has 0 radical (unpaired) electrons. The van der Waals surface area contributed by atoms with E-state index in [0.29, 0.717) is 11.4 Å². The average Bonchev–Trinajstić information content (AvgIpc) is 2.92. The molecule has 0 unspecified atom stereocenters. The van der Waals surface area contributed by atoms with Gasteiger partial charge in [0.1, 0.15) is 0 Å². The zero-order valence-corrected chi connectivity index (χ0v) is 21.1. The lowest BCUT2D eigenvalue weighted by Gasteiger charge is -2.26. The molecular formula is C30H30N2O3S. The summed E-state index contributed by atoms with van der Waals surface area (Å²) in [5.74, 6) is -0.367. The van der Waals surface area contributed by atoms with Gasteiger partial charge in [-0.1, -0.05) is 86.1 Å². The number of anilines is 2. The number of nitrogens with one attached hydrogen (secondary N) is 1. The van der Waals surface area contributed by atoms with E-state index in [9.17, 15) is 13.2 Å². The second kappa shape index (κ2) is 11.7. The quantitative estimate of drug-likeness (QED) is 0.265. The van der Waals surface area contributed by atoms with E-state index in [4.69, 9.17) is 0 Å². The van der Waals surface area contributed by atoms with Gasteiger partial charge in [-0.15, -0.1) is 0 Å². The summed E-state index contributed by atoms with van der Waals surface area (Å²) < 4.78 is 28.9. The molecule has 0 fully saturated rings. The Morgan fingerprint density at radius 3 is 2.03 bits per heavy atom. The summed E-state index contributed by atoms with van der Waals surface area (Å²) in [5, 5.41) is 2.93. The zero-order valence-electron chi connectivity index (χ0n) is 20.3. The van der Waals surface area contributed by atoms with E-state index >= 15 is 0 Å². The minimum Gasteiger partial charge on any atom is -0.322 e. The van der Waals surface area contributed by atoms with Crippen molar-refractivity contribution in [3.8, 4) is 0 Å². The van der Waals surface area contributed by atoms with Crippen molar-refractivity contribution in [2.75, 3.05) is 9.62 Å². The molecule has 5 nitrogen and oxygen atoms in total. The number of amides is 1. The number of sulfonamides is 1. The van der Waals surface area contributed by atoms with Gasteiger partial charge in [0.15, 0.2) is 0 Å². The first-order valence-electron chi connectivity index (χ1n) is 12.1. The van der Waals surface area contributed by atoms with Gasteiger partial charge < -0.3 is 5.32 Å². The van der Waals surface area contributed by atoms with Gasteiger partial charge in [0, 0.05) is 5.69 Å². The first-order valence-corrected chi connectivity index (χ1v) is 13.5. The van der Waals surface area contributed by atoms with Crippen molar-refractivity contribution < 1.29 is 13.2 Å². The van der Waals surface area contributed by atoms with Gasteiger partial charge in [-0.2, -0.15) is 0 Å². The highest BCUT2D eigenvalue weighted by Crippen LogP contribution is 2.30. The van der Waals surface area contributed by atoms with Crippen molar-refractivity contribution in [2.45, 2.75) is 37.6 Å². The molecule has 0 atom stereocenters. The van der Waals surface area contributed by atoms with Gasteiger partial charge in [-0.3, -0.25) is 9.10 Å². The van der Waals surface area contributed by atoms with Crippen molar-refractivity contribution in [2.24, 2.45) is 0 Å². The summed E-state index contributed by atoms with van der Waals surface area (Å²) in [6, 6.07) is 32.2. The molecule has 4 aromatic carbocycles. The van der Waals surface area contributed by atoms with Crippen molar-refractivity contribution in [3.05, 3.63) is 126 Å². The first kappa shape index (κ1) is 25.2. The van der Waals surface area contributed by atoms with Crippen LogP contribution in [-0.2, 0) is 23.0 Å². The molecule has 0 aliphatic carbocycles. The lowest BCUT2D eigenvalue weighted by atomic mass is 10.1. The molecule has 4 rings (SSSR count). The number of nitrogens with zero attached hydrogens (tertiary/aromatic N) is 1. The van der Waals surface area contributed by atoms with Crippen LogP contribution in [0, 0.1) is 0 Å². The van der Waals surface area contributed by atoms with Crippen LogP contribution < -0.4 is 9.62 Å². The van der Waals surface area contributed by atoms with Gasteiger partial charge in [0.2, 0.25) is 0 Å². The Balaban J connectivity index is 1.69. The zero-order chi connectivity index (χ0) is 25.4. The molecule has 0 saturated carbocycles. The van der Waals surface area contributed by atoms with Crippen LogP contribution in [0.3, 0.4) is 0 Å². The second-order valence-corrected chi connectivity index (χ2v) is 10.4. The summed E-state index contributed by atoms with van der Waals surface area (Å²) >= 11 is 0. The Labute approximate surface area is 213 Å². The monoisotopic (exact) mass is 498 g/mol. The molecule has 0 aliphatic heterocycles. The molecule has 0 aromatic heterocycles. The normalized spacial score (nSPS) is 11.1. The van der Waals surface area contributed by atoms with Crippen LogP contribution in [0.4, 0.5) is 11.4 Å². The molecule has 0 heterocycles. The van der Waals surface area contributed by atoms with Crippen LogP contribution >= 0.6 is 0 Å². The number of unbranched alkanes of at least 4 members (excludes halogenated alkanes) is 1. The standard InChI is InChI=1S/C30H30N2O3S/c1-2-3-12-24-19-21-26(22-20-24)31-30(33)28-17-10-11-18-29(28)32(23-25-13-6-4-7-14-25)36(34,35)27-15-8-5-9-16-27/h4-11,13-22H,2-3,12,23H2,1H3,(H,31,33). The maximum Gasteiger partial charge on any atom is 0.264 e. The topological polar surface area (TPSA) is 66.5 Å². The summed E-state index contributed by atoms with van der Waals surface area (Å²) in [5.41, 5.74) is 3.30. The van der Waals surface area contributed by atoms with E-state index in [1.54, 1.807) is 54.6 Å². The summed E-state index contributed by atoms with van der Waals surface area (Å²) in [6.07, 6.45) is 3.24. The molecule has 1 N–H and O–H groups in total. The van der Waals surface area contributed by atoms with E-state index in [2.05, 4.69) is 12.2 Å². The molecule has 184 valence electrons. The fourth-order valence-electron chi connectivity index (χ4n) is 3.99. The number of para-hydroxylation sites is 1. The molecule has 6 heteroatoms. The fraction of sp³-hybridized carbons (Fsp3) is 0.167. The Morgan fingerprint density at radius 1 is 0.750 bits per heavy atom. The largest absolute Gasteiger partial charge is 0.322 e. The fourth-order valence-corrected chi connectivity index (χ4v) is 5.48. The number of benzene rings is 4. The van der Waals surface area contributed by atoms with Crippen molar-refractivity contribution in [1.29, 1.82) is 0 Å². The van der Waals surface area contributed by atoms with Crippen LogP contribution in [-0.4, -0.2) is 14.3 Å². The van der Waals surface area contributed by atoms with Crippen LogP contribution in [0.25, 0.3) is 0 Å². The second-order valence-electron chi connectivity index (χ2n) is 8.58. The van der Waals surface area contributed by atoms with E-state index in [-0.39, 0.29) is 22.9 Å². The third-order valence-corrected chi connectivity index (χ3v) is 7.72. The van der Waals surface area contributed by atoms with E-state index in [1.807, 2.05) is 54.6 Å². The highest BCUT2D eigenvalue weighted by atomic mass is 32.2. The van der Waals surface area contributed by atoms with E-state index in [1.165, 1.54) is 9.87 Å². The Hall–Kier alpha value is -3.90. The number of aryl methyl sites for hydroxylation is 1. The van der Waals surface area contributed by atoms with Gasteiger partial charge >= 0.3 is 0 Å². The minimum atomic E-state index is -3.94. The molecule has 0 saturated heterocycles. The average molecular weight is 499 g/mol. The van der Waals surface area contributed by atoms with Crippen LogP contribution in [0.5, 0.6) is 0 Å². The minimum absolute atomic E-state index is 0.0918. The lowest BCUT2D eigenvalue weighted by molar-refractivity contribution is 0.102. The molecule has 4 aromatic rings. The highest BCUT2D eigenvalue weighted by Gasteiger charge is 2.28. The number of hydrogen-bond donors (Lipinski definition) is 1. The van der Waals surface area contributed by atoms with Crippen molar-refractivity contribution >= 4 is 27.3 Å². The molecule has 1 amide bonds. The number of rotatable bonds is 10. The van der Waals surface area contributed by atoms with Crippen LogP contribution in [0.2, 0.25) is 0 Å². The molecule has 36 heavy (non-hydrogen) atoms. The Kier molecular flexibility index (Phi) is 8.18. The lowest BCUT2D eigenvalue weighted by Crippen LogP contribution is -2.32. The Morgan fingerprint density at radius 2 is 1.36 bits per heavy atom. The van der Waals surface area contributed by atoms with Gasteiger partial charge in [0.05, 0.1) is 22.7 Å². The SMILES string of the molecule is CCCCc1ccc(NC(=O)c2ccccc2N(Cc2ccccc2)S(=O)(=O)c2ccccc2)cc1. The number of carbonyl (C=O) groups excluding carboxylic acids is 1. The van der Waals surface area contributed by atoms with Crippen molar-refractivity contribution in [1.82, 2.24) is 0 Å². The molecule has 0 aliphatic rings. The van der Waals surface area contributed by atoms with Gasteiger partial charge in [0.25, 0.3) is 15.9 Å². The number of carbonyl (C=O) groups is 1.